The van der Waals surface area contributed by atoms with Gasteiger partial charge in [-0.3, -0.25) is 0 Å². The van der Waals surface area contributed by atoms with Crippen molar-refractivity contribution in [2.75, 3.05) is 0 Å². The molecule has 1 radical (unpaired) electrons. The quantitative estimate of drug-likeness (QED) is 0.679. The van der Waals surface area contributed by atoms with E-state index in [-0.39, 0.29) is 0 Å². The summed E-state index contributed by atoms with van der Waals surface area (Å²) in [5.41, 5.74) is 2.97. The summed E-state index contributed by atoms with van der Waals surface area (Å²) in [6, 6.07) is 8.58. The fraction of sp³-hybridized carbons (Fsp3) is 0.533. The van der Waals surface area contributed by atoms with E-state index in [4.69, 9.17) is 0 Å². The minimum atomic E-state index is 0.436. The summed E-state index contributed by atoms with van der Waals surface area (Å²) in [6.45, 7) is 13.2. The minimum Gasteiger partial charge on any atom is -0.0622 e. The maximum atomic E-state index is 3.90. The molecule has 0 amide bonds. The van der Waals surface area contributed by atoms with E-state index in [0.29, 0.717) is 5.41 Å². The van der Waals surface area contributed by atoms with Gasteiger partial charge in [0.15, 0.2) is 0 Å². The van der Waals surface area contributed by atoms with Crippen molar-refractivity contribution in [3.8, 4) is 0 Å². The van der Waals surface area contributed by atoms with Crippen LogP contribution in [-0.4, -0.2) is 0 Å². The Morgan fingerprint density at radius 1 is 1.13 bits per heavy atom. The molecule has 1 atom stereocenters. The Kier molecular flexibility index (Phi) is 3.96. The predicted molar refractivity (Wildman–Crippen MR) is 67.8 cm³/mol. The zero-order chi connectivity index (χ0) is 11.5. The molecule has 1 aromatic carbocycles. The molecule has 0 saturated carbocycles. The molecule has 0 spiro atoms. The van der Waals surface area contributed by atoms with Crippen LogP contribution in [0, 0.1) is 18.3 Å². The lowest BCUT2D eigenvalue weighted by Gasteiger charge is -2.23. The van der Waals surface area contributed by atoms with Crippen LogP contribution in [-0.2, 0) is 6.42 Å². The third-order valence-corrected chi connectivity index (χ3v) is 2.57. The summed E-state index contributed by atoms with van der Waals surface area (Å²) in [5.74, 6) is 0.751. The second-order valence-corrected chi connectivity index (χ2v) is 5.89. The van der Waals surface area contributed by atoms with Crippen molar-refractivity contribution in [2.45, 2.75) is 40.5 Å². The van der Waals surface area contributed by atoms with Crippen LogP contribution in [0.4, 0.5) is 0 Å². The van der Waals surface area contributed by atoms with Crippen LogP contribution in [0.2, 0.25) is 0 Å². The van der Waals surface area contributed by atoms with Gasteiger partial charge in [0.05, 0.1) is 0 Å². The van der Waals surface area contributed by atoms with E-state index in [1.807, 2.05) is 0 Å². The van der Waals surface area contributed by atoms with Crippen LogP contribution in [0.1, 0.15) is 45.2 Å². The number of hydrogen-bond acceptors (Lipinski definition) is 0. The summed E-state index contributed by atoms with van der Waals surface area (Å²) < 4.78 is 0. The second-order valence-electron chi connectivity index (χ2n) is 5.89. The van der Waals surface area contributed by atoms with E-state index < -0.39 is 0 Å². The third-order valence-electron chi connectivity index (χ3n) is 2.57. The molecule has 0 aliphatic rings. The largest absolute Gasteiger partial charge is 0.0622 e. The van der Waals surface area contributed by atoms with Gasteiger partial charge in [0, 0.05) is 0 Å². The molecule has 0 aliphatic carbocycles. The summed E-state index contributed by atoms with van der Waals surface area (Å²) >= 11 is 0. The first kappa shape index (κ1) is 12.3. The monoisotopic (exact) mass is 203 g/mol. The highest BCUT2D eigenvalue weighted by Gasteiger charge is 2.15. The topological polar surface area (TPSA) is 0 Å². The van der Waals surface area contributed by atoms with Crippen LogP contribution >= 0.6 is 0 Å². The zero-order valence-electron chi connectivity index (χ0n) is 10.5. The van der Waals surface area contributed by atoms with Gasteiger partial charge < -0.3 is 0 Å². The van der Waals surface area contributed by atoms with E-state index in [2.05, 4.69) is 58.9 Å². The lowest BCUT2D eigenvalue weighted by atomic mass is 9.83. The predicted octanol–water partition coefficient (Wildman–Crippen LogP) is 4.48. The average Bonchev–Trinajstić information content (AvgIpc) is 2.05. The molecule has 0 N–H and O–H groups in total. The zero-order valence-corrected chi connectivity index (χ0v) is 10.5. The first-order chi connectivity index (χ1) is 6.87. The summed E-state index contributed by atoms with van der Waals surface area (Å²) in [4.78, 5) is 0. The molecule has 1 aromatic rings. The molecule has 0 heteroatoms. The Morgan fingerprint density at radius 3 is 2.13 bits per heavy atom. The molecule has 83 valence electrons. The molecule has 0 bridgehead atoms. The van der Waals surface area contributed by atoms with Crippen LogP contribution in [0.5, 0.6) is 0 Å². The van der Waals surface area contributed by atoms with Gasteiger partial charge in [0.1, 0.15) is 0 Å². The highest BCUT2D eigenvalue weighted by atomic mass is 14.2. The van der Waals surface area contributed by atoms with Crippen LogP contribution in [0.3, 0.4) is 0 Å². The molecule has 1 rings (SSSR count). The van der Waals surface area contributed by atoms with Crippen LogP contribution < -0.4 is 0 Å². The van der Waals surface area contributed by atoms with E-state index in [9.17, 15) is 0 Å². The van der Waals surface area contributed by atoms with Crippen molar-refractivity contribution in [2.24, 2.45) is 11.3 Å². The number of benzene rings is 1. The van der Waals surface area contributed by atoms with Gasteiger partial charge in [0.25, 0.3) is 0 Å². The van der Waals surface area contributed by atoms with E-state index in [1.165, 1.54) is 18.4 Å². The third kappa shape index (κ3) is 5.01. The van der Waals surface area contributed by atoms with Gasteiger partial charge in [-0.1, -0.05) is 52.0 Å². The molecule has 15 heavy (non-hydrogen) atoms. The smallest absolute Gasteiger partial charge is 0.0238 e. The fourth-order valence-electron chi connectivity index (χ4n) is 2.20. The molecule has 0 saturated heterocycles. The van der Waals surface area contributed by atoms with Gasteiger partial charge in [0.2, 0.25) is 0 Å². The first-order valence-corrected chi connectivity index (χ1v) is 5.78. The van der Waals surface area contributed by atoms with E-state index in [1.54, 1.807) is 0 Å². The van der Waals surface area contributed by atoms with Crippen molar-refractivity contribution >= 4 is 0 Å². The molecular weight excluding hydrogens is 180 g/mol. The SMILES string of the molecule is [CH2]c1ccc(CC(C)CC(C)(C)C)cc1. The fourth-order valence-corrected chi connectivity index (χ4v) is 2.20. The number of hydrogen-bond donors (Lipinski definition) is 0. The number of rotatable bonds is 3. The van der Waals surface area contributed by atoms with Gasteiger partial charge in [-0.05, 0) is 42.2 Å². The van der Waals surface area contributed by atoms with Crippen molar-refractivity contribution < 1.29 is 0 Å². The van der Waals surface area contributed by atoms with Crippen molar-refractivity contribution in [1.82, 2.24) is 0 Å². The normalized spacial score (nSPS) is 13.9. The molecule has 0 aliphatic heterocycles. The molecule has 1 unspecified atom stereocenters. The van der Waals surface area contributed by atoms with Gasteiger partial charge in [-0.2, -0.15) is 0 Å². The van der Waals surface area contributed by atoms with Gasteiger partial charge in [-0.25, -0.2) is 0 Å². The first-order valence-electron chi connectivity index (χ1n) is 5.78. The van der Waals surface area contributed by atoms with Crippen molar-refractivity contribution in [1.29, 1.82) is 0 Å². The standard InChI is InChI=1S/C15H23/c1-12-6-8-14(9-7-12)10-13(2)11-15(3,4)5/h6-9,13H,1,10-11H2,2-5H3. The van der Waals surface area contributed by atoms with E-state index in [0.717, 1.165) is 11.5 Å². The summed E-state index contributed by atoms with van der Waals surface area (Å²) in [7, 11) is 0. The van der Waals surface area contributed by atoms with Crippen molar-refractivity contribution in [3.63, 3.8) is 0 Å². The maximum absolute atomic E-state index is 3.90. The van der Waals surface area contributed by atoms with Gasteiger partial charge >= 0.3 is 0 Å². The summed E-state index contributed by atoms with van der Waals surface area (Å²) in [6.07, 6.45) is 2.46. The molecule has 0 nitrogen and oxygen atoms in total. The maximum Gasteiger partial charge on any atom is -0.0238 e. The highest BCUT2D eigenvalue weighted by Crippen LogP contribution is 2.26. The molecule has 0 aromatic heterocycles. The Bertz CT molecular complexity index is 287. The Morgan fingerprint density at radius 2 is 1.67 bits per heavy atom. The van der Waals surface area contributed by atoms with Crippen LogP contribution in [0.25, 0.3) is 0 Å². The Labute approximate surface area is 94.7 Å². The van der Waals surface area contributed by atoms with Crippen molar-refractivity contribution in [3.05, 3.63) is 42.3 Å². The minimum absolute atomic E-state index is 0.436. The molecule has 0 fully saturated rings. The molecule has 0 heterocycles. The van der Waals surface area contributed by atoms with E-state index >= 15 is 0 Å². The molecular formula is C15H23. The summed E-state index contributed by atoms with van der Waals surface area (Å²) in [5, 5.41) is 0. The average molecular weight is 203 g/mol. The Balaban J connectivity index is 2.51. The lowest BCUT2D eigenvalue weighted by Crippen LogP contribution is -2.12. The Hall–Kier alpha value is -0.780. The highest BCUT2D eigenvalue weighted by molar-refractivity contribution is 5.24. The second kappa shape index (κ2) is 4.83. The van der Waals surface area contributed by atoms with Gasteiger partial charge in [-0.15, -0.1) is 0 Å². The lowest BCUT2D eigenvalue weighted by molar-refractivity contribution is 0.306. The van der Waals surface area contributed by atoms with Crippen LogP contribution in [0.15, 0.2) is 24.3 Å².